The van der Waals surface area contributed by atoms with Gasteiger partial charge < -0.3 is 14.9 Å². The number of aromatic nitrogens is 2. The van der Waals surface area contributed by atoms with Crippen molar-refractivity contribution in [3.8, 4) is 0 Å². The highest BCUT2D eigenvalue weighted by Gasteiger charge is 2.50. The molecule has 3 heterocycles. The molecule has 1 saturated heterocycles. The van der Waals surface area contributed by atoms with Crippen LogP contribution in [0.2, 0.25) is 0 Å². The summed E-state index contributed by atoms with van der Waals surface area (Å²) >= 11 is 0. The van der Waals surface area contributed by atoms with E-state index < -0.39 is 29.7 Å². The molecule has 2 fully saturated rings. The van der Waals surface area contributed by atoms with Gasteiger partial charge >= 0.3 is 6.03 Å². The summed E-state index contributed by atoms with van der Waals surface area (Å²) in [4.78, 5) is 55.2. The van der Waals surface area contributed by atoms with Crippen LogP contribution in [-0.4, -0.2) is 54.8 Å². The first-order valence-corrected chi connectivity index (χ1v) is 17.5. The van der Waals surface area contributed by atoms with E-state index in [-0.39, 0.29) is 23.7 Å². The third-order valence-corrected chi connectivity index (χ3v) is 11.1. The molecule has 1 aliphatic heterocycles. The molecule has 8 rings (SSSR count). The molecule has 1 aliphatic carbocycles. The van der Waals surface area contributed by atoms with Crippen LogP contribution in [0.15, 0.2) is 84.0 Å². The number of nitro groups is 1. The van der Waals surface area contributed by atoms with E-state index in [1.807, 2.05) is 73.3 Å². The van der Waals surface area contributed by atoms with E-state index >= 15 is 0 Å². The number of carbonyl (C=O) groups excluding carboxylic acids is 3. The number of imide groups is 2. The Hall–Kier alpha value is -6.23. The summed E-state index contributed by atoms with van der Waals surface area (Å²) in [7, 11) is 3.94. The van der Waals surface area contributed by atoms with E-state index in [4.69, 9.17) is 5.73 Å². The van der Waals surface area contributed by atoms with E-state index in [0.29, 0.717) is 23.9 Å². The van der Waals surface area contributed by atoms with Gasteiger partial charge in [0.25, 0.3) is 5.69 Å². The molecule has 11 heteroatoms. The smallest absolute Gasteiger partial charge is 0.333 e. The number of urea groups is 1. The van der Waals surface area contributed by atoms with Gasteiger partial charge in [0.2, 0.25) is 11.8 Å². The molecule has 11 nitrogen and oxygen atoms in total. The highest BCUT2D eigenvalue weighted by Crippen LogP contribution is 2.44. The fraction of sp³-hybridized carbons (Fsp3) is 0.244. The molecule has 4 aromatic carbocycles. The fourth-order valence-electron chi connectivity index (χ4n) is 8.61. The lowest BCUT2D eigenvalue weighted by atomic mass is 9.81. The van der Waals surface area contributed by atoms with Gasteiger partial charge in [-0.2, -0.15) is 0 Å². The number of nitrogens with two attached hydrogens (primary N) is 1. The van der Waals surface area contributed by atoms with Crippen LogP contribution in [0, 0.1) is 22.0 Å². The summed E-state index contributed by atoms with van der Waals surface area (Å²) in [5.41, 5.74) is 10.9. The van der Waals surface area contributed by atoms with Gasteiger partial charge in [0.1, 0.15) is 5.92 Å². The number of carbonyl (C=O) groups is 3. The van der Waals surface area contributed by atoms with E-state index in [1.165, 1.54) is 15.9 Å². The average Bonchev–Trinajstić information content (AvgIpc) is 3.75. The average molecular weight is 695 g/mol. The molecule has 0 radical (unpaired) electrons. The Balaban J connectivity index is 1.32. The Morgan fingerprint density at radius 2 is 1.17 bits per heavy atom. The van der Waals surface area contributed by atoms with Gasteiger partial charge in [-0.05, 0) is 63.1 Å². The number of hydrogen-bond donors (Lipinski definition) is 1. The summed E-state index contributed by atoms with van der Waals surface area (Å²) in [5.74, 6) is -2.64. The van der Waals surface area contributed by atoms with Crippen molar-refractivity contribution in [3.05, 3.63) is 105 Å². The number of barbiturate groups is 1. The second-order valence-corrected chi connectivity index (χ2v) is 13.6. The molecule has 2 aromatic heterocycles. The number of anilines is 1. The Morgan fingerprint density at radius 3 is 1.69 bits per heavy atom. The van der Waals surface area contributed by atoms with Crippen LogP contribution in [0.4, 0.5) is 16.2 Å². The Labute approximate surface area is 298 Å². The van der Waals surface area contributed by atoms with Crippen LogP contribution in [-0.2, 0) is 23.7 Å². The number of rotatable bonds is 6. The standard InChI is InChI=1S/C41H38N6O5/c1-5-45-39(48)38(40(49)46(6-2)41(45)50)35-23(15-18-30-26-10-7-9-25-29(42)17-20-33(36(25)26)43(30)3)13-14-24(35)16-19-31-27-11-8-12-28-32(47(51)52)21-22-34(37(27)28)44(31)4/h7-12,15-22,35,38H,5-6,13-14,42H2,1-4H3/b23-15+,24-16+,30-18+,31-19+. The number of nitrogens with zero attached hydrogens (tertiary/aromatic N) is 5. The number of non-ortho nitro benzene ring substituents is 1. The van der Waals surface area contributed by atoms with Crippen molar-refractivity contribution in [1.82, 2.24) is 18.9 Å². The third kappa shape index (κ3) is 4.68. The van der Waals surface area contributed by atoms with Gasteiger partial charge in [-0.3, -0.25) is 29.5 Å². The molecule has 6 aromatic rings. The quantitative estimate of drug-likeness (QED) is 0.100. The molecule has 0 bridgehead atoms. The summed E-state index contributed by atoms with van der Waals surface area (Å²) in [5, 5.41) is 19.0. The van der Waals surface area contributed by atoms with Crippen molar-refractivity contribution < 1.29 is 19.3 Å². The minimum absolute atomic E-state index is 0.0499. The monoisotopic (exact) mass is 694 g/mol. The van der Waals surface area contributed by atoms with Crippen molar-refractivity contribution in [1.29, 1.82) is 0 Å². The van der Waals surface area contributed by atoms with Crippen molar-refractivity contribution in [2.75, 3.05) is 18.8 Å². The summed E-state index contributed by atoms with van der Waals surface area (Å²) in [6.07, 6.45) is 9.31. The SMILES string of the molecule is CCN1C(=O)C(C2/C(=C/C=c3\c4cccc5c(N)ccc(c54)n3C)CC/C2=C\C=c2/c3cccc4c([N+](=O)[O-])ccc(c43)n2C)C(=O)N(CC)C1=O. The largest absolute Gasteiger partial charge is 0.398 e. The van der Waals surface area contributed by atoms with Gasteiger partial charge in [0, 0.05) is 93.5 Å². The maximum atomic E-state index is 14.1. The van der Waals surface area contributed by atoms with E-state index in [0.717, 1.165) is 59.8 Å². The zero-order valence-corrected chi connectivity index (χ0v) is 29.4. The Bertz CT molecular complexity index is 2690. The lowest BCUT2D eigenvalue weighted by Gasteiger charge is -2.38. The van der Waals surface area contributed by atoms with Crippen LogP contribution >= 0.6 is 0 Å². The molecule has 2 N–H and O–H groups in total. The molecule has 1 unspecified atom stereocenters. The Morgan fingerprint density at radius 1 is 0.692 bits per heavy atom. The van der Waals surface area contributed by atoms with Crippen LogP contribution in [0.3, 0.4) is 0 Å². The van der Waals surface area contributed by atoms with Crippen LogP contribution in [0.25, 0.3) is 55.5 Å². The first-order valence-electron chi connectivity index (χ1n) is 17.5. The number of benzene rings is 4. The van der Waals surface area contributed by atoms with Crippen LogP contribution < -0.4 is 16.4 Å². The van der Waals surface area contributed by atoms with Crippen molar-refractivity contribution in [2.45, 2.75) is 26.7 Å². The normalized spacial score (nSPS) is 19.8. The van der Waals surface area contributed by atoms with Crippen molar-refractivity contribution >= 4 is 84.7 Å². The lowest BCUT2D eigenvalue weighted by molar-refractivity contribution is -0.383. The first kappa shape index (κ1) is 32.9. The predicted octanol–water partition coefficient (Wildman–Crippen LogP) is 5.88. The molecule has 52 heavy (non-hydrogen) atoms. The second-order valence-electron chi connectivity index (χ2n) is 13.6. The summed E-state index contributed by atoms with van der Waals surface area (Å²) < 4.78 is 4.14. The number of hydrogen-bond acceptors (Lipinski definition) is 6. The maximum Gasteiger partial charge on any atom is 0.333 e. The molecular weight excluding hydrogens is 656 g/mol. The molecule has 1 atom stereocenters. The third-order valence-electron chi connectivity index (χ3n) is 11.1. The van der Waals surface area contributed by atoms with Gasteiger partial charge in [-0.1, -0.05) is 53.6 Å². The molecule has 2 aliphatic rings. The molecule has 262 valence electrons. The summed E-state index contributed by atoms with van der Waals surface area (Å²) in [6, 6.07) is 18.3. The summed E-state index contributed by atoms with van der Waals surface area (Å²) in [6.45, 7) is 3.80. The number of allylic oxidation sites excluding steroid dienone is 4. The molecule has 0 spiro atoms. The van der Waals surface area contributed by atoms with Gasteiger partial charge in [-0.15, -0.1) is 0 Å². The van der Waals surface area contributed by atoms with E-state index in [2.05, 4.69) is 16.7 Å². The zero-order valence-electron chi connectivity index (χ0n) is 29.4. The number of nitrogen functional groups attached to an aromatic ring is 1. The van der Waals surface area contributed by atoms with Gasteiger partial charge in [0.05, 0.1) is 10.3 Å². The van der Waals surface area contributed by atoms with Crippen LogP contribution in [0.1, 0.15) is 26.7 Å². The highest BCUT2D eigenvalue weighted by atomic mass is 16.6. The molecule has 1 saturated carbocycles. The maximum absolute atomic E-state index is 14.1. The fourth-order valence-corrected chi connectivity index (χ4v) is 8.61. The lowest BCUT2D eigenvalue weighted by Crippen LogP contribution is -2.61. The van der Waals surface area contributed by atoms with E-state index in [9.17, 15) is 24.5 Å². The topological polar surface area (TPSA) is 137 Å². The van der Waals surface area contributed by atoms with Crippen LogP contribution in [0.5, 0.6) is 0 Å². The first-order chi connectivity index (χ1) is 25.1. The predicted molar refractivity (Wildman–Crippen MR) is 204 cm³/mol. The number of amides is 4. The van der Waals surface area contributed by atoms with Crippen molar-refractivity contribution in [3.63, 3.8) is 0 Å². The zero-order chi connectivity index (χ0) is 36.6. The minimum Gasteiger partial charge on any atom is -0.398 e. The molecular formula is C41H38N6O5. The highest BCUT2D eigenvalue weighted by molar-refractivity contribution is 6.17. The van der Waals surface area contributed by atoms with Gasteiger partial charge in [0.15, 0.2) is 0 Å². The van der Waals surface area contributed by atoms with Gasteiger partial charge in [-0.25, -0.2) is 4.79 Å². The van der Waals surface area contributed by atoms with Crippen molar-refractivity contribution in [2.24, 2.45) is 25.9 Å². The van der Waals surface area contributed by atoms with E-state index in [1.54, 1.807) is 26.0 Å². The Kier molecular flexibility index (Phi) is 7.74. The minimum atomic E-state index is -1.10. The number of aryl methyl sites for hydroxylation is 2. The molecule has 4 amide bonds. The second kappa shape index (κ2) is 12.2. The number of nitro benzene ring substituents is 1.